The second-order valence-electron chi connectivity index (χ2n) is 5.67. The number of pyridine rings is 1. The van der Waals surface area contributed by atoms with Gasteiger partial charge in [0.15, 0.2) is 0 Å². The number of carbonyl (C=O) groups is 1. The van der Waals surface area contributed by atoms with Gasteiger partial charge in [-0.05, 0) is 18.2 Å². The van der Waals surface area contributed by atoms with E-state index in [0.717, 1.165) is 5.39 Å². The van der Waals surface area contributed by atoms with E-state index in [4.69, 9.17) is 0 Å². The van der Waals surface area contributed by atoms with E-state index in [1.165, 1.54) is 16.6 Å². The van der Waals surface area contributed by atoms with E-state index in [1.807, 2.05) is 24.3 Å². The molecule has 0 aliphatic heterocycles. The van der Waals surface area contributed by atoms with Gasteiger partial charge in [-0.2, -0.15) is 4.31 Å². The minimum Gasteiger partial charge on any atom is -0.356 e. The molecule has 0 unspecified atom stereocenters. The molecule has 1 aromatic carbocycles. The van der Waals surface area contributed by atoms with Crippen molar-refractivity contribution in [3.05, 3.63) is 54.5 Å². The molecular weight excluding hydrogens is 352 g/mol. The number of sulfonamides is 1. The number of para-hydroxylation sites is 1. The summed E-state index contributed by atoms with van der Waals surface area (Å²) >= 11 is 0. The third kappa shape index (κ3) is 3.33. The van der Waals surface area contributed by atoms with Crippen LogP contribution < -0.4 is 5.32 Å². The first-order valence-electron chi connectivity index (χ1n) is 8.31. The van der Waals surface area contributed by atoms with Crippen LogP contribution in [0.15, 0.2) is 53.7 Å². The van der Waals surface area contributed by atoms with Crippen LogP contribution >= 0.6 is 0 Å². The van der Waals surface area contributed by atoms with Crippen LogP contribution in [0.4, 0.5) is 5.69 Å². The van der Waals surface area contributed by atoms with Crippen LogP contribution in [-0.4, -0.2) is 41.7 Å². The lowest BCUT2D eigenvalue weighted by Gasteiger charge is -2.16. The summed E-state index contributed by atoms with van der Waals surface area (Å²) in [5.41, 5.74) is 1.41. The molecule has 0 bridgehead atoms. The Morgan fingerprint density at radius 1 is 1.19 bits per heavy atom. The third-order valence-corrected chi connectivity index (χ3v) is 6.15. The first-order valence-corrected chi connectivity index (χ1v) is 9.75. The molecule has 7 nitrogen and oxygen atoms in total. The number of H-pyrrole nitrogens is 1. The van der Waals surface area contributed by atoms with Crippen molar-refractivity contribution in [2.75, 3.05) is 18.4 Å². The number of hydrogen-bond acceptors (Lipinski definition) is 4. The van der Waals surface area contributed by atoms with E-state index in [9.17, 15) is 13.2 Å². The van der Waals surface area contributed by atoms with Gasteiger partial charge < -0.3 is 10.3 Å². The van der Waals surface area contributed by atoms with Crippen molar-refractivity contribution in [2.45, 2.75) is 18.7 Å². The molecule has 0 saturated carbocycles. The van der Waals surface area contributed by atoms with Crippen molar-refractivity contribution in [3.63, 3.8) is 0 Å². The Morgan fingerprint density at radius 2 is 1.92 bits per heavy atom. The zero-order valence-electron chi connectivity index (χ0n) is 14.6. The molecule has 8 heteroatoms. The Kier molecular flexibility index (Phi) is 5.06. The highest BCUT2D eigenvalue weighted by Gasteiger charge is 2.24. The van der Waals surface area contributed by atoms with Crippen LogP contribution in [-0.2, 0) is 10.0 Å². The van der Waals surface area contributed by atoms with Gasteiger partial charge in [-0.1, -0.05) is 32.0 Å². The summed E-state index contributed by atoms with van der Waals surface area (Å²) in [5, 5.41) is 3.69. The summed E-state index contributed by atoms with van der Waals surface area (Å²) in [6.45, 7) is 4.28. The summed E-state index contributed by atoms with van der Waals surface area (Å²) in [6, 6.07) is 10.6. The van der Waals surface area contributed by atoms with Crippen molar-refractivity contribution >= 4 is 32.5 Å². The maximum atomic E-state index is 12.5. The Morgan fingerprint density at radius 3 is 2.65 bits per heavy atom. The van der Waals surface area contributed by atoms with E-state index in [1.54, 1.807) is 26.1 Å². The number of nitrogens with one attached hydrogen (secondary N) is 2. The smallest absolute Gasteiger partial charge is 0.272 e. The number of aromatic nitrogens is 2. The molecule has 3 aromatic rings. The van der Waals surface area contributed by atoms with Crippen LogP contribution in [0.1, 0.15) is 24.3 Å². The Bertz CT molecular complexity index is 1030. The number of hydrogen-bond donors (Lipinski definition) is 2. The van der Waals surface area contributed by atoms with Crippen molar-refractivity contribution in [3.8, 4) is 0 Å². The summed E-state index contributed by atoms with van der Waals surface area (Å²) in [4.78, 5) is 19.6. The summed E-state index contributed by atoms with van der Waals surface area (Å²) in [6.07, 6.45) is 2.99. The lowest BCUT2D eigenvalue weighted by Crippen LogP contribution is -2.30. The van der Waals surface area contributed by atoms with Crippen LogP contribution in [0.3, 0.4) is 0 Å². The average Bonchev–Trinajstić information content (AvgIpc) is 3.14. The number of fused-ring (bicyclic) bond motifs is 1. The van der Waals surface area contributed by atoms with E-state index < -0.39 is 15.9 Å². The monoisotopic (exact) mass is 372 g/mol. The van der Waals surface area contributed by atoms with Crippen molar-refractivity contribution in [1.29, 1.82) is 0 Å². The first-order chi connectivity index (χ1) is 12.5. The highest BCUT2D eigenvalue weighted by Crippen LogP contribution is 2.22. The van der Waals surface area contributed by atoms with Crippen molar-refractivity contribution < 1.29 is 13.2 Å². The fourth-order valence-electron chi connectivity index (χ4n) is 2.76. The van der Waals surface area contributed by atoms with Gasteiger partial charge in [-0.25, -0.2) is 8.42 Å². The summed E-state index contributed by atoms with van der Waals surface area (Å²) in [5.74, 6) is -0.427. The van der Waals surface area contributed by atoms with Crippen molar-refractivity contribution in [1.82, 2.24) is 14.3 Å². The number of rotatable bonds is 6. The molecular formula is C18H20N4O3S. The normalized spacial score (nSPS) is 11.8. The highest BCUT2D eigenvalue weighted by molar-refractivity contribution is 7.89. The molecule has 0 fully saturated rings. The molecule has 26 heavy (non-hydrogen) atoms. The number of amides is 1. The van der Waals surface area contributed by atoms with Gasteiger partial charge in [0.1, 0.15) is 10.6 Å². The van der Waals surface area contributed by atoms with E-state index in [-0.39, 0.29) is 10.6 Å². The predicted octanol–water partition coefficient (Wildman–Crippen LogP) is 2.85. The summed E-state index contributed by atoms with van der Waals surface area (Å²) < 4.78 is 26.4. The minimum absolute atomic E-state index is 0.0717. The molecule has 136 valence electrons. The second-order valence-corrected chi connectivity index (χ2v) is 7.61. The van der Waals surface area contributed by atoms with Crippen LogP contribution in [0.25, 0.3) is 10.9 Å². The number of nitrogens with zero attached hydrogens (tertiary/aromatic N) is 2. The molecule has 2 heterocycles. The van der Waals surface area contributed by atoms with Crippen LogP contribution in [0, 0.1) is 0 Å². The fourth-order valence-corrected chi connectivity index (χ4v) is 4.21. The highest BCUT2D eigenvalue weighted by atomic mass is 32.2. The van der Waals surface area contributed by atoms with Crippen molar-refractivity contribution in [2.24, 2.45) is 0 Å². The topological polar surface area (TPSA) is 95.2 Å². The Labute approximate surface area is 152 Å². The molecule has 3 rings (SSSR count). The SMILES string of the molecule is CCN(CC)S(=O)(=O)c1c[nH]c(C(=O)Nc2cccc3cccnc23)c1. The minimum atomic E-state index is -3.61. The standard InChI is InChI=1S/C18H20N4O3S/c1-3-22(4-2)26(24,25)14-11-16(20-12-14)18(23)21-15-9-5-7-13-8-6-10-19-17(13)15/h5-12,20H,3-4H2,1-2H3,(H,21,23). The number of aromatic amines is 1. The second kappa shape index (κ2) is 7.27. The van der Waals surface area contributed by atoms with Gasteiger partial charge in [0, 0.05) is 30.9 Å². The lowest BCUT2D eigenvalue weighted by atomic mass is 10.2. The van der Waals surface area contributed by atoms with Gasteiger partial charge in [0.2, 0.25) is 10.0 Å². The maximum Gasteiger partial charge on any atom is 0.272 e. The Hall–Kier alpha value is -2.71. The largest absolute Gasteiger partial charge is 0.356 e. The molecule has 0 spiro atoms. The van der Waals surface area contributed by atoms with E-state index >= 15 is 0 Å². The average molecular weight is 372 g/mol. The predicted molar refractivity (Wildman–Crippen MR) is 101 cm³/mol. The number of anilines is 1. The Balaban J connectivity index is 1.87. The van der Waals surface area contributed by atoms with Crippen LogP contribution in [0.2, 0.25) is 0 Å². The first kappa shape index (κ1) is 18.1. The fraction of sp³-hybridized carbons (Fsp3) is 0.222. The van der Waals surface area contributed by atoms with E-state index in [0.29, 0.717) is 24.3 Å². The molecule has 2 N–H and O–H groups in total. The van der Waals surface area contributed by atoms with E-state index in [2.05, 4.69) is 15.3 Å². The molecule has 0 atom stereocenters. The zero-order chi connectivity index (χ0) is 18.7. The summed E-state index contributed by atoms with van der Waals surface area (Å²) in [7, 11) is -3.61. The zero-order valence-corrected chi connectivity index (χ0v) is 15.4. The quantitative estimate of drug-likeness (QED) is 0.695. The van der Waals surface area contributed by atoms with Gasteiger partial charge >= 0.3 is 0 Å². The maximum absolute atomic E-state index is 12.5. The molecule has 1 amide bonds. The molecule has 2 aromatic heterocycles. The van der Waals surface area contributed by atoms with Gasteiger partial charge in [-0.15, -0.1) is 0 Å². The molecule has 0 saturated heterocycles. The molecule has 0 radical (unpaired) electrons. The van der Waals surface area contributed by atoms with Gasteiger partial charge in [0.05, 0.1) is 11.2 Å². The van der Waals surface area contributed by atoms with Gasteiger partial charge in [0.25, 0.3) is 5.91 Å². The number of carbonyl (C=O) groups excluding carboxylic acids is 1. The molecule has 0 aliphatic rings. The van der Waals surface area contributed by atoms with Gasteiger partial charge in [-0.3, -0.25) is 9.78 Å². The third-order valence-electron chi connectivity index (χ3n) is 4.13. The van der Waals surface area contributed by atoms with Crippen LogP contribution in [0.5, 0.6) is 0 Å². The lowest BCUT2D eigenvalue weighted by molar-refractivity contribution is 0.102. The number of benzene rings is 1. The molecule has 0 aliphatic carbocycles.